The highest BCUT2D eigenvalue weighted by Gasteiger charge is 2.37. The van der Waals surface area contributed by atoms with E-state index in [1.807, 2.05) is 0 Å². The molecule has 3 rings (SSSR count). The molecule has 1 heterocycles. The third kappa shape index (κ3) is 9.78. The number of alkyl carbamates (subject to hydrolysis) is 1. The largest absolute Gasteiger partial charge is 0.489 e. The maximum atomic E-state index is 13.6. The van der Waals surface area contributed by atoms with Crippen LogP contribution in [0, 0.1) is 0 Å². The van der Waals surface area contributed by atoms with Crippen LogP contribution in [0.3, 0.4) is 0 Å². The Bertz CT molecular complexity index is 1330. The van der Waals surface area contributed by atoms with E-state index in [0.29, 0.717) is 29.8 Å². The summed E-state index contributed by atoms with van der Waals surface area (Å²) in [5, 5.41) is 2.44. The van der Waals surface area contributed by atoms with Crippen molar-refractivity contribution in [1.29, 1.82) is 0 Å². The molecule has 0 aromatic heterocycles. The van der Waals surface area contributed by atoms with Crippen LogP contribution in [0.4, 0.5) is 36.8 Å². The van der Waals surface area contributed by atoms with Crippen molar-refractivity contribution in [3.63, 3.8) is 0 Å². The highest BCUT2D eigenvalue weighted by Crippen LogP contribution is 2.37. The third-order valence-electron chi connectivity index (χ3n) is 6.05. The summed E-state index contributed by atoms with van der Waals surface area (Å²) in [6, 6.07) is 4.32. The summed E-state index contributed by atoms with van der Waals surface area (Å²) >= 11 is 0. The molecule has 0 bridgehead atoms. The molecule has 0 fully saturated rings. The zero-order chi connectivity index (χ0) is 33.3. The SMILES string of the molecule is CC(C)(C)OC(=O)CC(NC(=O)OC(C)(C)C)C(=O)N1CCc2cc(OCc3cc(C(F)(F)F)cc(C(F)(F)F)c3)ccc21. The molecule has 0 saturated heterocycles. The van der Waals surface area contributed by atoms with Crippen LogP contribution in [0.1, 0.15) is 70.2 Å². The van der Waals surface area contributed by atoms with Crippen molar-refractivity contribution in [2.45, 2.75) is 90.6 Å². The van der Waals surface area contributed by atoms with Crippen molar-refractivity contribution >= 4 is 23.7 Å². The number of nitrogens with one attached hydrogen (secondary N) is 1. The number of alkyl halides is 6. The summed E-state index contributed by atoms with van der Waals surface area (Å²) in [4.78, 5) is 40.0. The van der Waals surface area contributed by atoms with Gasteiger partial charge in [-0.2, -0.15) is 26.3 Å². The fourth-order valence-corrected chi connectivity index (χ4v) is 4.35. The van der Waals surface area contributed by atoms with Crippen LogP contribution in [0.2, 0.25) is 0 Å². The van der Waals surface area contributed by atoms with Crippen LogP contribution < -0.4 is 15.0 Å². The van der Waals surface area contributed by atoms with Gasteiger partial charge in [-0.05, 0) is 95.5 Å². The summed E-state index contributed by atoms with van der Waals surface area (Å²) in [6.45, 7) is 9.46. The van der Waals surface area contributed by atoms with E-state index >= 15 is 0 Å². The first-order valence-corrected chi connectivity index (χ1v) is 13.6. The summed E-state index contributed by atoms with van der Waals surface area (Å²) < 4.78 is 95.3. The van der Waals surface area contributed by atoms with E-state index in [4.69, 9.17) is 14.2 Å². The number of rotatable bonds is 7. The number of nitrogens with zero attached hydrogens (tertiary/aromatic N) is 1. The first-order valence-electron chi connectivity index (χ1n) is 13.6. The monoisotopic (exact) mass is 632 g/mol. The predicted octanol–water partition coefficient (Wildman–Crippen LogP) is 6.82. The van der Waals surface area contributed by atoms with E-state index < -0.39 is 71.7 Å². The number of anilines is 1. The van der Waals surface area contributed by atoms with Crippen LogP contribution in [0.25, 0.3) is 0 Å². The second-order valence-corrected chi connectivity index (χ2v) is 12.2. The highest BCUT2D eigenvalue weighted by molar-refractivity contribution is 6.02. The van der Waals surface area contributed by atoms with Gasteiger partial charge in [-0.25, -0.2) is 4.79 Å². The molecule has 2 aromatic rings. The van der Waals surface area contributed by atoms with Gasteiger partial charge in [-0.15, -0.1) is 0 Å². The molecule has 14 heteroatoms. The van der Waals surface area contributed by atoms with Gasteiger partial charge < -0.3 is 24.4 Å². The average Bonchev–Trinajstić information content (AvgIpc) is 3.26. The van der Waals surface area contributed by atoms with Gasteiger partial charge in [0.15, 0.2) is 0 Å². The number of halogens is 6. The molecule has 8 nitrogen and oxygen atoms in total. The quantitative estimate of drug-likeness (QED) is 0.266. The Morgan fingerprint density at radius 3 is 1.93 bits per heavy atom. The lowest BCUT2D eigenvalue weighted by Crippen LogP contribution is -2.50. The minimum atomic E-state index is -4.99. The zero-order valence-electron chi connectivity index (χ0n) is 25.0. The number of benzene rings is 2. The van der Waals surface area contributed by atoms with Crippen LogP contribution in [0.15, 0.2) is 36.4 Å². The van der Waals surface area contributed by atoms with Crippen molar-refractivity contribution in [1.82, 2.24) is 5.32 Å². The van der Waals surface area contributed by atoms with Crippen LogP contribution in [0.5, 0.6) is 5.75 Å². The van der Waals surface area contributed by atoms with Crippen molar-refractivity contribution in [3.8, 4) is 5.75 Å². The molecule has 1 aliphatic heterocycles. The summed E-state index contributed by atoms with van der Waals surface area (Å²) in [6.07, 6.45) is -11.0. The number of ether oxygens (including phenoxy) is 3. The first kappa shape index (κ1) is 34.5. The van der Waals surface area contributed by atoms with E-state index in [1.54, 1.807) is 41.5 Å². The third-order valence-corrected chi connectivity index (χ3v) is 6.05. The lowest BCUT2D eigenvalue weighted by Gasteiger charge is -2.27. The van der Waals surface area contributed by atoms with Crippen LogP contribution in [-0.4, -0.2) is 41.8 Å². The number of esters is 1. The Balaban J connectivity index is 1.79. The second-order valence-electron chi connectivity index (χ2n) is 12.2. The molecule has 0 aliphatic carbocycles. The Morgan fingerprint density at radius 1 is 0.841 bits per heavy atom. The van der Waals surface area contributed by atoms with Gasteiger partial charge in [0.05, 0.1) is 17.5 Å². The molecule has 242 valence electrons. The molecule has 0 saturated carbocycles. The van der Waals surface area contributed by atoms with Gasteiger partial charge in [0.25, 0.3) is 0 Å². The number of fused-ring (bicyclic) bond motifs is 1. The van der Waals surface area contributed by atoms with E-state index in [0.717, 1.165) is 0 Å². The number of amides is 2. The molecular formula is C30H34F6N2O6. The molecule has 1 N–H and O–H groups in total. The second kappa shape index (κ2) is 12.6. The first-order chi connectivity index (χ1) is 20.0. The summed E-state index contributed by atoms with van der Waals surface area (Å²) in [5.41, 5.74) is -3.91. The molecule has 0 radical (unpaired) electrons. The summed E-state index contributed by atoms with van der Waals surface area (Å²) in [5.74, 6) is -1.18. The minimum absolute atomic E-state index is 0.0399. The fourth-order valence-electron chi connectivity index (χ4n) is 4.35. The smallest absolute Gasteiger partial charge is 0.416 e. The number of hydrogen-bond donors (Lipinski definition) is 1. The normalized spacial score (nSPS) is 14.5. The molecule has 1 aliphatic rings. The molecular weight excluding hydrogens is 598 g/mol. The van der Waals surface area contributed by atoms with Gasteiger partial charge in [-0.1, -0.05) is 0 Å². The molecule has 44 heavy (non-hydrogen) atoms. The summed E-state index contributed by atoms with van der Waals surface area (Å²) in [7, 11) is 0. The highest BCUT2D eigenvalue weighted by atomic mass is 19.4. The van der Waals surface area contributed by atoms with Crippen molar-refractivity contribution in [2.24, 2.45) is 0 Å². The van der Waals surface area contributed by atoms with Gasteiger partial charge in [-0.3, -0.25) is 9.59 Å². The molecule has 2 amide bonds. The molecule has 1 unspecified atom stereocenters. The number of carbonyl (C=O) groups excluding carboxylic acids is 3. The number of carbonyl (C=O) groups is 3. The Hall–Kier alpha value is -3.97. The molecule has 2 aromatic carbocycles. The lowest BCUT2D eigenvalue weighted by atomic mass is 10.1. The van der Waals surface area contributed by atoms with E-state index in [9.17, 15) is 40.7 Å². The van der Waals surface area contributed by atoms with Crippen molar-refractivity contribution in [3.05, 3.63) is 58.7 Å². The van der Waals surface area contributed by atoms with E-state index in [-0.39, 0.29) is 23.9 Å². The Labute approximate surface area is 250 Å². The van der Waals surface area contributed by atoms with Gasteiger partial charge in [0.2, 0.25) is 5.91 Å². The Kier molecular flexibility index (Phi) is 9.86. The van der Waals surface area contributed by atoms with Gasteiger partial charge in [0.1, 0.15) is 29.6 Å². The van der Waals surface area contributed by atoms with E-state index in [1.165, 1.54) is 23.1 Å². The molecule has 1 atom stereocenters. The fraction of sp³-hybridized carbons (Fsp3) is 0.500. The van der Waals surface area contributed by atoms with Crippen LogP contribution >= 0.6 is 0 Å². The van der Waals surface area contributed by atoms with Crippen molar-refractivity contribution < 1.29 is 54.9 Å². The number of hydrogen-bond acceptors (Lipinski definition) is 6. The lowest BCUT2D eigenvalue weighted by molar-refractivity contribution is -0.156. The van der Waals surface area contributed by atoms with Crippen molar-refractivity contribution in [2.75, 3.05) is 11.4 Å². The average molecular weight is 633 g/mol. The maximum Gasteiger partial charge on any atom is 0.416 e. The minimum Gasteiger partial charge on any atom is -0.489 e. The van der Waals surface area contributed by atoms with Crippen LogP contribution in [-0.2, 0) is 44.4 Å². The van der Waals surface area contributed by atoms with Gasteiger partial charge >= 0.3 is 24.4 Å². The predicted molar refractivity (Wildman–Crippen MR) is 147 cm³/mol. The van der Waals surface area contributed by atoms with E-state index in [2.05, 4.69) is 5.32 Å². The Morgan fingerprint density at radius 2 is 1.41 bits per heavy atom. The van der Waals surface area contributed by atoms with Gasteiger partial charge in [0, 0.05) is 12.2 Å². The molecule has 0 spiro atoms. The zero-order valence-corrected chi connectivity index (χ0v) is 25.0. The standard InChI is InChI=1S/C30H34F6N2O6/c1-27(2,3)43-24(39)15-22(37-26(41)44-28(4,5)6)25(40)38-10-9-18-13-21(7-8-23(18)38)42-16-17-11-19(29(31,32)33)14-20(12-17)30(34,35)36/h7-8,11-14,22H,9-10,15-16H2,1-6H3,(H,37,41). The topological polar surface area (TPSA) is 94.2 Å². The maximum absolute atomic E-state index is 13.6.